The van der Waals surface area contributed by atoms with Gasteiger partial charge in [0.1, 0.15) is 13.2 Å². The molecule has 30 heavy (non-hydrogen) atoms. The molecule has 0 saturated heterocycles. The van der Waals surface area contributed by atoms with Crippen molar-refractivity contribution in [3.05, 3.63) is 53.6 Å². The Bertz CT molecular complexity index is 1070. The fourth-order valence-electron chi connectivity index (χ4n) is 3.15. The minimum absolute atomic E-state index is 0.0125. The maximum atomic E-state index is 12.6. The third-order valence-corrected chi connectivity index (χ3v) is 5.98. The van der Waals surface area contributed by atoms with Crippen molar-refractivity contribution in [1.82, 2.24) is 4.90 Å². The lowest BCUT2D eigenvalue weighted by Gasteiger charge is -2.25. The van der Waals surface area contributed by atoms with Crippen LogP contribution in [0.25, 0.3) is 0 Å². The first-order valence-corrected chi connectivity index (χ1v) is 11.0. The number of primary sulfonamides is 1. The van der Waals surface area contributed by atoms with Gasteiger partial charge in [-0.15, -0.1) is 0 Å². The zero-order valence-corrected chi connectivity index (χ0v) is 17.6. The number of benzene rings is 2. The molecule has 2 aromatic rings. The summed E-state index contributed by atoms with van der Waals surface area (Å²) < 4.78 is 34.0. The minimum Gasteiger partial charge on any atom is -0.486 e. The van der Waals surface area contributed by atoms with Crippen LogP contribution in [0.1, 0.15) is 41.7 Å². The van der Waals surface area contributed by atoms with E-state index in [9.17, 15) is 18.0 Å². The Morgan fingerprint density at radius 3 is 2.47 bits per heavy atom. The molecule has 0 radical (unpaired) electrons. The zero-order valence-electron chi connectivity index (χ0n) is 16.8. The standard InChI is InChI=1S/C21H24N2O6S/c1-14(15-4-3-5-17(12-15)30(22,26)27)23(2)21(25)9-7-18(24)16-6-8-19-20(13-16)29-11-10-28-19/h3-6,8,12-14H,7,9-11H2,1-2H3,(H2,22,26,27). The quantitative estimate of drug-likeness (QED) is 0.671. The van der Waals surface area contributed by atoms with E-state index in [0.717, 1.165) is 0 Å². The molecule has 2 N–H and O–H groups in total. The molecular formula is C21H24N2O6S. The highest BCUT2D eigenvalue weighted by atomic mass is 32.2. The molecule has 1 heterocycles. The van der Waals surface area contributed by atoms with Gasteiger partial charge in [0.15, 0.2) is 17.3 Å². The SMILES string of the molecule is CC(c1cccc(S(N)(=O)=O)c1)N(C)C(=O)CCC(=O)c1ccc2c(c1)OCCO2. The maximum Gasteiger partial charge on any atom is 0.238 e. The second kappa shape index (κ2) is 8.85. The van der Waals surface area contributed by atoms with Crippen molar-refractivity contribution in [2.24, 2.45) is 5.14 Å². The number of fused-ring (bicyclic) bond motifs is 1. The van der Waals surface area contributed by atoms with E-state index in [-0.39, 0.29) is 35.5 Å². The number of hydrogen-bond donors (Lipinski definition) is 1. The van der Waals surface area contributed by atoms with Crippen molar-refractivity contribution in [2.45, 2.75) is 30.7 Å². The van der Waals surface area contributed by atoms with E-state index in [2.05, 4.69) is 0 Å². The number of carbonyl (C=O) groups excluding carboxylic acids is 2. The minimum atomic E-state index is -3.83. The van der Waals surface area contributed by atoms with Crippen LogP contribution >= 0.6 is 0 Å². The summed E-state index contributed by atoms with van der Waals surface area (Å²) in [6.07, 6.45) is 0.0791. The predicted octanol–water partition coefficient (Wildman–Crippen LogP) is 2.29. The van der Waals surface area contributed by atoms with Crippen LogP contribution in [-0.4, -0.2) is 45.3 Å². The van der Waals surface area contributed by atoms with Crippen molar-refractivity contribution in [3.63, 3.8) is 0 Å². The van der Waals surface area contributed by atoms with E-state index in [1.54, 1.807) is 44.3 Å². The fraction of sp³-hybridized carbons (Fsp3) is 0.333. The highest BCUT2D eigenvalue weighted by Crippen LogP contribution is 2.31. The molecule has 0 spiro atoms. The molecule has 0 saturated carbocycles. The largest absolute Gasteiger partial charge is 0.486 e. The Morgan fingerprint density at radius 1 is 1.07 bits per heavy atom. The lowest BCUT2D eigenvalue weighted by molar-refractivity contribution is -0.131. The van der Waals surface area contributed by atoms with Crippen LogP contribution in [-0.2, 0) is 14.8 Å². The Kier molecular flexibility index (Phi) is 6.42. The zero-order chi connectivity index (χ0) is 21.9. The highest BCUT2D eigenvalue weighted by Gasteiger charge is 2.21. The normalized spacial score (nSPS) is 14.1. The molecule has 1 atom stereocenters. The monoisotopic (exact) mass is 432 g/mol. The molecule has 3 rings (SSSR count). The van der Waals surface area contributed by atoms with Crippen molar-refractivity contribution < 1.29 is 27.5 Å². The first-order valence-electron chi connectivity index (χ1n) is 9.48. The summed E-state index contributed by atoms with van der Waals surface area (Å²) in [6, 6.07) is 10.7. The van der Waals surface area contributed by atoms with E-state index in [1.165, 1.54) is 17.0 Å². The van der Waals surface area contributed by atoms with E-state index in [0.29, 0.717) is 35.8 Å². The Morgan fingerprint density at radius 2 is 1.77 bits per heavy atom. The van der Waals surface area contributed by atoms with Gasteiger partial charge in [-0.2, -0.15) is 0 Å². The maximum absolute atomic E-state index is 12.6. The van der Waals surface area contributed by atoms with Crippen LogP contribution in [0, 0.1) is 0 Å². The average molecular weight is 432 g/mol. The summed E-state index contributed by atoms with van der Waals surface area (Å²) in [6.45, 7) is 2.68. The van der Waals surface area contributed by atoms with Crippen LogP contribution in [0.2, 0.25) is 0 Å². The number of carbonyl (C=O) groups is 2. The number of sulfonamides is 1. The van der Waals surface area contributed by atoms with E-state index < -0.39 is 10.0 Å². The number of ketones is 1. The smallest absolute Gasteiger partial charge is 0.238 e. The third-order valence-electron chi connectivity index (χ3n) is 5.07. The molecule has 160 valence electrons. The molecular weight excluding hydrogens is 408 g/mol. The van der Waals surface area contributed by atoms with Crippen molar-refractivity contribution in [1.29, 1.82) is 0 Å². The van der Waals surface area contributed by atoms with Crippen LogP contribution in [0.5, 0.6) is 11.5 Å². The molecule has 0 bridgehead atoms. The van der Waals surface area contributed by atoms with Gasteiger partial charge < -0.3 is 14.4 Å². The number of hydrogen-bond acceptors (Lipinski definition) is 6. The van der Waals surface area contributed by atoms with Crippen LogP contribution in [0.15, 0.2) is 47.4 Å². The molecule has 1 unspecified atom stereocenters. The van der Waals surface area contributed by atoms with Crippen LogP contribution < -0.4 is 14.6 Å². The average Bonchev–Trinajstić information content (AvgIpc) is 2.75. The van der Waals surface area contributed by atoms with E-state index in [4.69, 9.17) is 14.6 Å². The topological polar surface area (TPSA) is 116 Å². The van der Waals surface area contributed by atoms with Gasteiger partial charge in [-0.1, -0.05) is 12.1 Å². The first-order chi connectivity index (χ1) is 14.2. The summed E-state index contributed by atoms with van der Waals surface area (Å²) in [4.78, 5) is 26.6. The highest BCUT2D eigenvalue weighted by molar-refractivity contribution is 7.89. The fourth-order valence-corrected chi connectivity index (χ4v) is 3.72. The summed E-state index contributed by atoms with van der Waals surface area (Å²) in [5, 5.41) is 5.18. The number of nitrogens with zero attached hydrogens (tertiary/aromatic N) is 1. The van der Waals surface area contributed by atoms with Gasteiger partial charge in [0.2, 0.25) is 15.9 Å². The molecule has 1 aliphatic rings. The van der Waals surface area contributed by atoms with Gasteiger partial charge in [-0.3, -0.25) is 9.59 Å². The number of nitrogens with two attached hydrogens (primary N) is 1. The van der Waals surface area contributed by atoms with Gasteiger partial charge >= 0.3 is 0 Å². The van der Waals surface area contributed by atoms with Gasteiger partial charge in [0, 0.05) is 25.5 Å². The third kappa shape index (κ3) is 4.98. The number of rotatable bonds is 7. The molecule has 0 fully saturated rings. The number of ether oxygens (including phenoxy) is 2. The van der Waals surface area contributed by atoms with Crippen LogP contribution in [0.4, 0.5) is 0 Å². The Balaban J connectivity index is 1.62. The number of Topliss-reactive ketones (excluding diaryl/α,β-unsaturated/α-hetero) is 1. The predicted molar refractivity (Wildman–Crippen MR) is 110 cm³/mol. The van der Waals surface area contributed by atoms with Crippen LogP contribution in [0.3, 0.4) is 0 Å². The van der Waals surface area contributed by atoms with Crippen molar-refractivity contribution in [2.75, 3.05) is 20.3 Å². The van der Waals surface area contributed by atoms with Gasteiger partial charge in [-0.05, 0) is 42.8 Å². The Hall–Kier alpha value is -2.91. The summed E-state index contributed by atoms with van der Waals surface area (Å²) >= 11 is 0. The number of amides is 1. The van der Waals surface area contributed by atoms with Crippen molar-refractivity contribution in [3.8, 4) is 11.5 Å². The Labute approximate surface area is 175 Å². The van der Waals surface area contributed by atoms with E-state index >= 15 is 0 Å². The molecule has 1 aliphatic heterocycles. The molecule has 0 aromatic heterocycles. The van der Waals surface area contributed by atoms with Crippen molar-refractivity contribution >= 4 is 21.7 Å². The van der Waals surface area contributed by atoms with Gasteiger partial charge in [0.25, 0.3) is 0 Å². The van der Waals surface area contributed by atoms with Gasteiger partial charge in [0.05, 0.1) is 10.9 Å². The summed E-state index contributed by atoms with van der Waals surface area (Å²) in [5.41, 5.74) is 1.10. The first kappa shape index (κ1) is 21.8. The molecule has 0 aliphatic carbocycles. The van der Waals surface area contributed by atoms with E-state index in [1.807, 2.05) is 0 Å². The second-order valence-corrected chi connectivity index (χ2v) is 8.64. The van der Waals surface area contributed by atoms with Gasteiger partial charge in [-0.25, -0.2) is 13.6 Å². The molecule has 8 nitrogen and oxygen atoms in total. The molecule has 1 amide bonds. The summed E-state index contributed by atoms with van der Waals surface area (Å²) in [7, 11) is -2.21. The molecule has 9 heteroatoms. The second-order valence-electron chi connectivity index (χ2n) is 7.08. The summed E-state index contributed by atoms with van der Waals surface area (Å²) in [5.74, 6) is 0.732. The lowest BCUT2D eigenvalue weighted by atomic mass is 10.0. The molecule has 2 aromatic carbocycles. The lowest BCUT2D eigenvalue weighted by Crippen LogP contribution is -2.30.